The first-order chi connectivity index (χ1) is 12.1. The normalized spacial score (nSPS) is 14.3. The third kappa shape index (κ3) is 3.57. The zero-order chi connectivity index (χ0) is 17.8. The lowest BCUT2D eigenvalue weighted by molar-refractivity contribution is 0.0746. The van der Waals surface area contributed by atoms with E-state index in [0.29, 0.717) is 24.2 Å². The van der Waals surface area contributed by atoms with Crippen LogP contribution in [0, 0.1) is 0 Å². The zero-order valence-electron chi connectivity index (χ0n) is 14.1. The maximum atomic E-state index is 12.7. The third-order valence-electron chi connectivity index (χ3n) is 4.39. The van der Waals surface area contributed by atoms with E-state index < -0.39 is 5.91 Å². The summed E-state index contributed by atoms with van der Waals surface area (Å²) in [5.41, 5.74) is 7.16. The standard InChI is InChI=1S/C19H21N3O3/c1-25-17-8-3-2-7-16(17)21-9-11-22(12-10-21)19(24)15-6-4-5-14(13-15)18(20)23/h2-8,13H,9-12H2,1H3,(H2,20,23). The van der Waals surface area contributed by atoms with E-state index >= 15 is 0 Å². The monoisotopic (exact) mass is 339 g/mol. The van der Waals surface area contributed by atoms with Gasteiger partial charge in [0.25, 0.3) is 5.91 Å². The number of benzene rings is 2. The van der Waals surface area contributed by atoms with E-state index in [1.54, 1.807) is 36.3 Å². The Morgan fingerprint density at radius 2 is 1.64 bits per heavy atom. The van der Waals surface area contributed by atoms with Gasteiger partial charge in [0.2, 0.25) is 5.91 Å². The van der Waals surface area contributed by atoms with E-state index in [4.69, 9.17) is 10.5 Å². The number of nitrogens with zero attached hydrogens (tertiary/aromatic N) is 2. The zero-order valence-corrected chi connectivity index (χ0v) is 14.1. The number of hydrogen-bond acceptors (Lipinski definition) is 4. The Labute approximate surface area is 146 Å². The quantitative estimate of drug-likeness (QED) is 0.921. The van der Waals surface area contributed by atoms with Crippen LogP contribution in [0.3, 0.4) is 0 Å². The van der Waals surface area contributed by atoms with Gasteiger partial charge in [0.1, 0.15) is 5.75 Å². The van der Waals surface area contributed by atoms with Gasteiger partial charge in [-0.3, -0.25) is 9.59 Å². The third-order valence-corrected chi connectivity index (χ3v) is 4.39. The van der Waals surface area contributed by atoms with Crippen molar-refractivity contribution < 1.29 is 14.3 Å². The summed E-state index contributed by atoms with van der Waals surface area (Å²) in [6.45, 7) is 2.67. The van der Waals surface area contributed by atoms with Crippen molar-refractivity contribution in [1.29, 1.82) is 0 Å². The molecule has 0 radical (unpaired) electrons. The van der Waals surface area contributed by atoms with E-state index in [1.807, 2.05) is 24.3 Å². The Balaban J connectivity index is 1.69. The number of carbonyl (C=O) groups is 2. The summed E-state index contributed by atoms with van der Waals surface area (Å²) in [6.07, 6.45) is 0. The lowest BCUT2D eigenvalue weighted by Crippen LogP contribution is -2.48. The molecule has 1 heterocycles. The summed E-state index contributed by atoms with van der Waals surface area (Å²) in [5, 5.41) is 0. The maximum Gasteiger partial charge on any atom is 0.253 e. The number of rotatable bonds is 4. The molecule has 2 aromatic rings. The van der Waals surface area contributed by atoms with Crippen LogP contribution in [0.15, 0.2) is 48.5 Å². The minimum atomic E-state index is -0.532. The van der Waals surface area contributed by atoms with Crippen molar-refractivity contribution >= 4 is 17.5 Å². The minimum absolute atomic E-state index is 0.0808. The molecule has 1 aliphatic rings. The highest BCUT2D eigenvalue weighted by molar-refractivity contribution is 5.99. The van der Waals surface area contributed by atoms with Gasteiger partial charge in [-0.2, -0.15) is 0 Å². The van der Waals surface area contributed by atoms with Crippen molar-refractivity contribution in [1.82, 2.24) is 4.90 Å². The fourth-order valence-corrected chi connectivity index (χ4v) is 3.03. The largest absolute Gasteiger partial charge is 0.495 e. The van der Waals surface area contributed by atoms with Gasteiger partial charge in [-0.25, -0.2) is 0 Å². The molecule has 0 aromatic heterocycles. The summed E-state index contributed by atoms with van der Waals surface area (Å²) in [7, 11) is 1.66. The van der Waals surface area contributed by atoms with E-state index in [9.17, 15) is 9.59 Å². The molecular formula is C19H21N3O3. The smallest absolute Gasteiger partial charge is 0.253 e. The molecule has 0 saturated carbocycles. The number of methoxy groups -OCH3 is 1. The van der Waals surface area contributed by atoms with Crippen molar-refractivity contribution in [2.75, 3.05) is 38.2 Å². The van der Waals surface area contributed by atoms with Crippen molar-refractivity contribution in [2.24, 2.45) is 5.73 Å². The lowest BCUT2D eigenvalue weighted by atomic mass is 10.1. The van der Waals surface area contributed by atoms with Gasteiger partial charge in [-0.15, -0.1) is 0 Å². The molecule has 3 rings (SSSR count). The summed E-state index contributed by atoms with van der Waals surface area (Å²) >= 11 is 0. The second-order valence-electron chi connectivity index (χ2n) is 5.90. The highest BCUT2D eigenvalue weighted by atomic mass is 16.5. The van der Waals surface area contributed by atoms with Crippen LogP contribution in [0.5, 0.6) is 5.75 Å². The number of primary amides is 1. The number of carbonyl (C=O) groups excluding carboxylic acids is 2. The van der Waals surface area contributed by atoms with E-state index in [-0.39, 0.29) is 5.91 Å². The fraction of sp³-hybridized carbons (Fsp3) is 0.263. The van der Waals surface area contributed by atoms with E-state index in [2.05, 4.69) is 4.90 Å². The molecule has 1 fully saturated rings. The molecule has 2 N–H and O–H groups in total. The topological polar surface area (TPSA) is 75.9 Å². The average Bonchev–Trinajstić information content (AvgIpc) is 2.67. The highest BCUT2D eigenvalue weighted by Crippen LogP contribution is 2.28. The number of para-hydroxylation sites is 2. The average molecular weight is 339 g/mol. The number of nitrogens with two attached hydrogens (primary N) is 1. The molecule has 1 saturated heterocycles. The van der Waals surface area contributed by atoms with Gasteiger partial charge in [-0.05, 0) is 30.3 Å². The molecule has 6 nitrogen and oxygen atoms in total. The molecule has 0 bridgehead atoms. The molecule has 1 aliphatic heterocycles. The Hall–Kier alpha value is -3.02. The Bertz CT molecular complexity index is 783. The number of ether oxygens (including phenoxy) is 1. The number of piperazine rings is 1. The molecule has 130 valence electrons. The van der Waals surface area contributed by atoms with Gasteiger partial charge in [0.05, 0.1) is 12.8 Å². The second-order valence-corrected chi connectivity index (χ2v) is 5.90. The molecule has 25 heavy (non-hydrogen) atoms. The molecule has 2 aromatic carbocycles. The number of amides is 2. The summed E-state index contributed by atoms with van der Waals surface area (Å²) in [5.74, 6) is 0.217. The second kappa shape index (κ2) is 7.25. The number of anilines is 1. The van der Waals surface area contributed by atoms with Gasteiger partial charge >= 0.3 is 0 Å². The first-order valence-corrected chi connectivity index (χ1v) is 8.17. The first-order valence-electron chi connectivity index (χ1n) is 8.17. The van der Waals surface area contributed by atoms with Crippen LogP contribution in [0.1, 0.15) is 20.7 Å². The number of hydrogen-bond donors (Lipinski definition) is 1. The van der Waals surface area contributed by atoms with Gasteiger partial charge in [-0.1, -0.05) is 18.2 Å². The molecule has 2 amide bonds. The molecule has 0 spiro atoms. The van der Waals surface area contributed by atoms with Crippen LogP contribution in [-0.2, 0) is 0 Å². The van der Waals surface area contributed by atoms with Crippen molar-refractivity contribution in [3.63, 3.8) is 0 Å². The Morgan fingerprint density at radius 3 is 2.32 bits per heavy atom. The summed E-state index contributed by atoms with van der Waals surface area (Å²) in [6, 6.07) is 14.4. The van der Waals surface area contributed by atoms with E-state index in [1.165, 1.54) is 0 Å². The fourth-order valence-electron chi connectivity index (χ4n) is 3.03. The molecular weight excluding hydrogens is 318 g/mol. The molecule has 0 unspecified atom stereocenters. The van der Waals surface area contributed by atoms with Crippen LogP contribution in [0.4, 0.5) is 5.69 Å². The van der Waals surface area contributed by atoms with Gasteiger partial charge < -0.3 is 20.3 Å². The van der Waals surface area contributed by atoms with Gasteiger partial charge in [0.15, 0.2) is 0 Å². The van der Waals surface area contributed by atoms with Crippen molar-refractivity contribution in [2.45, 2.75) is 0 Å². The predicted molar refractivity (Wildman–Crippen MR) is 96.1 cm³/mol. The van der Waals surface area contributed by atoms with E-state index in [0.717, 1.165) is 24.5 Å². The van der Waals surface area contributed by atoms with Crippen LogP contribution < -0.4 is 15.4 Å². The maximum absolute atomic E-state index is 12.7. The lowest BCUT2D eigenvalue weighted by Gasteiger charge is -2.36. The van der Waals surface area contributed by atoms with Crippen LogP contribution >= 0.6 is 0 Å². The molecule has 0 aliphatic carbocycles. The van der Waals surface area contributed by atoms with Crippen LogP contribution in [0.25, 0.3) is 0 Å². The van der Waals surface area contributed by atoms with Crippen molar-refractivity contribution in [3.05, 3.63) is 59.7 Å². The molecule has 0 atom stereocenters. The summed E-state index contributed by atoms with van der Waals surface area (Å²) in [4.78, 5) is 28.0. The van der Waals surface area contributed by atoms with Crippen molar-refractivity contribution in [3.8, 4) is 5.75 Å². The Kier molecular flexibility index (Phi) is 4.88. The predicted octanol–water partition coefficient (Wildman–Crippen LogP) is 1.76. The molecule has 6 heteroatoms. The van der Waals surface area contributed by atoms with Gasteiger partial charge in [0, 0.05) is 37.3 Å². The van der Waals surface area contributed by atoms with Crippen LogP contribution in [-0.4, -0.2) is 50.0 Å². The summed E-state index contributed by atoms with van der Waals surface area (Å²) < 4.78 is 5.41. The Morgan fingerprint density at radius 1 is 0.960 bits per heavy atom. The highest BCUT2D eigenvalue weighted by Gasteiger charge is 2.24. The first kappa shape index (κ1) is 16.8. The SMILES string of the molecule is COc1ccccc1N1CCN(C(=O)c2cccc(C(N)=O)c2)CC1. The van der Waals surface area contributed by atoms with Crippen LogP contribution in [0.2, 0.25) is 0 Å². The minimum Gasteiger partial charge on any atom is -0.495 e.